The minimum absolute atomic E-state index is 0.0270. The van der Waals surface area contributed by atoms with E-state index < -0.39 is 11.9 Å². The van der Waals surface area contributed by atoms with Crippen molar-refractivity contribution in [1.82, 2.24) is 5.32 Å². The maximum atomic E-state index is 13.9. The number of methoxy groups -OCH3 is 2. The molecule has 218 valence electrons. The molecule has 42 heavy (non-hydrogen) atoms. The van der Waals surface area contributed by atoms with Crippen molar-refractivity contribution in [1.29, 1.82) is 0 Å². The first kappa shape index (κ1) is 29.3. The molecule has 2 aliphatic rings. The second kappa shape index (κ2) is 12.7. The molecule has 5 rings (SSSR count). The van der Waals surface area contributed by atoms with Crippen molar-refractivity contribution >= 4 is 27.7 Å². The topological polar surface area (TPSA) is 103 Å². The van der Waals surface area contributed by atoms with E-state index >= 15 is 0 Å². The number of Topliss-reactive ketones (excluding diaryl/α,β-unsaturated/α-hetero) is 1. The number of phenolic OH excluding ortho intramolecular Hbond substituents is 1. The minimum Gasteiger partial charge on any atom is -0.503 e. The molecule has 0 saturated carbocycles. The van der Waals surface area contributed by atoms with Gasteiger partial charge in [-0.25, -0.2) is 4.79 Å². The van der Waals surface area contributed by atoms with Gasteiger partial charge >= 0.3 is 5.97 Å². The number of halogens is 1. The second-order valence-electron chi connectivity index (χ2n) is 10.1. The molecule has 0 saturated heterocycles. The van der Waals surface area contributed by atoms with Crippen molar-refractivity contribution in [2.24, 2.45) is 0 Å². The molecular weight excluding hydrogens is 602 g/mol. The van der Waals surface area contributed by atoms with Crippen LogP contribution in [0.1, 0.15) is 42.7 Å². The number of allylic oxidation sites excluding steroid dienone is 3. The summed E-state index contributed by atoms with van der Waals surface area (Å²) in [7, 11) is 3.07. The van der Waals surface area contributed by atoms with Crippen LogP contribution >= 0.6 is 15.9 Å². The van der Waals surface area contributed by atoms with E-state index in [0.717, 1.165) is 17.0 Å². The van der Waals surface area contributed by atoms with Crippen molar-refractivity contribution in [2.75, 3.05) is 27.4 Å². The molecule has 0 spiro atoms. The normalized spacial score (nSPS) is 18.2. The molecule has 1 aliphatic heterocycles. The standard InChI is InChI=1S/C33H32BrNO7/c1-19-29(33(38)42-14-13-41-24-7-5-4-6-8-24)30(22-15-25(34)32(37)28(18-22)40-3)31-26(35-19)16-21(17-27(31)36)20-9-11-23(39-2)12-10-20/h4-12,15,18,21,30,35,37H,13-14,16-17H2,1-3H3/t21-,30-/m0/s1. The number of dihydropyridines is 1. The zero-order chi connectivity index (χ0) is 29.8. The largest absolute Gasteiger partial charge is 0.503 e. The van der Waals surface area contributed by atoms with Crippen LogP contribution in [0.25, 0.3) is 0 Å². The van der Waals surface area contributed by atoms with Crippen LogP contribution in [0.4, 0.5) is 0 Å². The molecule has 3 aromatic rings. The van der Waals surface area contributed by atoms with Crippen LogP contribution in [0, 0.1) is 0 Å². The summed E-state index contributed by atoms with van der Waals surface area (Å²) in [4.78, 5) is 27.5. The maximum absolute atomic E-state index is 13.9. The first-order valence-corrected chi connectivity index (χ1v) is 14.4. The summed E-state index contributed by atoms with van der Waals surface area (Å²) < 4.78 is 22.4. The third kappa shape index (κ3) is 6.01. The Kier molecular flexibility index (Phi) is 8.87. The Bertz CT molecular complexity index is 1550. The number of carbonyl (C=O) groups excluding carboxylic acids is 2. The average Bonchev–Trinajstić information content (AvgIpc) is 3.00. The summed E-state index contributed by atoms with van der Waals surface area (Å²) in [6.45, 7) is 2.01. The molecule has 0 amide bonds. The third-order valence-electron chi connectivity index (χ3n) is 7.57. The van der Waals surface area contributed by atoms with E-state index in [2.05, 4.69) is 21.2 Å². The van der Waals surface area contributed by atoms with E-state index in [1.165, 1.54) is 7.11 Å². The van der Waals surface area contributed by atoms with Crippen LogP contribution in [0.15, 0.2) is 93.7 Å². The number of hydrogen-bond donors (Lipinski definition) is 2. The first-order chi connectivity index (χ1) is 20.3. The fourth-order valence-corrected chi connectivity index (χ4v) is 6.02. The second-order valence-corrected chi connectivity index (χ2v) is 11.0. The van der Waals surface area contributed by atoms with Crippen LogP contribution in [0.2, 0.25) is 0 Å². The zero-order valence-electron chi connectivity index (χ0n) is 23.6. The van der Waals surface area contributed by atoms with E-state index in [9.17, 15) is 14.7 Å². The number of ether oxygens (including phenoxy) is 4. The zero-order valence-corrected chi connectivity index (χ0v) is 25.2. The molecular formula is C33H32BrNO7. The Hall–Kier alpha value is -4.24. The van der Waals surface area contributed by atoms with Gasteiger partial charge in [0.15, 0.2) is 17.3 Å². The van der Waals surface area contributed by atoms with Crippen LogP contribution in [-0.4, -0.2) is 44.3 Å². The minimum atomic E-state index is -0.723. The molecule has 0 fully saturated rings. The van der Waals surface area contributed by atoms with E-state index in [1.807, 2.05) is 61.5 Å². The summed E-state index contributed by atoms with van der Waals surface area (Å²) in [5, 5.41) is 13.8. The highest BCUT2D eigenvalue weighted by Crippen LogP contribution is 2.48. The van der Waals surface area contributed by atoms with Gasteiger partial charge in [-0.05, 0) is 82.7 Å². The highest BCUT2D eigenvalue weighted by atomic mass is 79.9. The summed E-state index contributed by atoms with van der Waals surface area (Å²) in [6.07, 6.45) is 0.872. The van der Waals surface area contributed by atoms with Crippen LogP contribution in [0.3, 0.4) is 0 Å². The van der Waals surface area contributed by atoms with Crippen LogP contribution in [0.5, 0.6) is 23.0 Å². The predicted molar refractivity (Wildman–Crippen MR) is 161 cm³/mol. The molecule has 9 heteroatoms. The highest BCUT2D eigenvalue weighted by molar-refractivity contribution is 9.10. The molecule has 0 bridgehead atoms. The lowest BCUT2D eigenvalue weighted by atomic mass is 9.71. The van der Waals surface area contributed by atoms with Crippen LogP contribution < -0.4 is 19.5 Å². The molecule has 2 N–H and O–H groups in total. The van der Waals surface area contributed by atoms with E-state index in [1.54, 1.807) is 19.2 Å². The van der Waals surface area contributed by atoms with E-state index in [4.69, 9.17) is 18.9 Å². The summed E-state index contributed by atoms with van der Waals surface area (Å²) in [5.74, 6) is 0.204. The Morgan fingerprint density at radius 2 is 1.69 bits per heavy atom. The molecule has 0 radical (unpaired) electrons. The summed E-state index contributed by atoms with van der Waals surface area (Å²) >= 11 is 3.40. The Morgan fingerprint density at radius 1 is 0.952 bits per heavy atom. The maximum Gasteiger partial charge on any atom is 0.336 e. The highest BCUT2D eigenvalue weighted by Gasteiger charge is 2.42. The van der Waals surface area contributed by atoms with Crippen molar-refractivity contribution in [3.8, 4) is 23.0 Å². The quantitative estimate of drug-likeness (QED) is 0.213. The molecule has 8 nitrogen and oxygen atoms in total. The summed E-state index contributed by atoms with van der Waals surface area (Å²) in [6, 6.07) is 20.4. The van der Waals surface area contributed by atoms with Gasteiger partial charge in [0, 0.05) is 29.3 Å². The van der Waals surface area contributed by atoms with Gasteiger partial charge in [0.1, 0.15) is 24.7 Å². The fourth-order valence-electron chi connectivity index (χ4n) is 5.56. The SMILES string of the molecule is COc1ccc([C@@H]2CC(=O)C3=C(C2)NC(C)=C(C(=O)OCCOc2ccccc2)[C@@H]3c2cc(Br)c(O)c(OC)c2)cc1. The van der Waals surface area contributed by atoms with Crippen molar-refractivity contribution in [3.05, 3.63) is 105 Å². The van der Waals surface area contributed by atoms with Gasteiger partial charge in [0.2, 0.25) is 0 Å². The molecule has 1 heterocycles. The Labute approximate surface area is 253 Å². The van der Waals surface area contributed by atoms with Crippen molar-refractivity contribution < 1.29 is 33.6 Å². The lowest BCUT2D eigenvalue weighted by molar-refractivity contribution is -0.140. The number of carbonyl (C=O) groups is 2. The number of ketones is 1. The van der Waals surface area contributed by atoms with Gasteiger partial charge in [-0.3, -0.25) is 4.79 Å². The average molecular weight is 635 g/mol. The molecule has 3 aromatic carbocycles. The number of esters is 1. The van der Waals surface area contributed by atoms with E-state index in [0.29, 0.717) is 39.0 Å². The van der Waals surface area contributed by atoms with E-state index in [-0.39, 0.29) is 42.8 Å². The Morgan fingerprint density at radius 3 is 2.38 bits per heavy atom. The van der Waals surface area contributed by atoms with Gasteiger partial charge in [-0.1, -0.05) is 30.3 Å². The van der Waals surface area contributed by atoms with Gasteiger partial charge in [-0.15, -0.1) is 0 Å². The third-order valence-corrected chi connectivity index (χ3v) is 8.17. The van der Waals surface area contributed by atoms with Gasteiger partial charge in [0.25, 0.3) is 0 Å². The monoisotopic (exact) mass is 633 g/mol. The number of nitrogens with one attached hydrogen (secondary N) is 1. The van der Waals surface area contributed by atoms with Gasteiger partial charge < -0.3 is 29.4 Å². The summed E-state index contributed by atoms with van der Waals surface area (Å²) in [5.41, 5.74) is 3.85. The number of aromatic hydroxyl groups is 1. The molecule has 0 unspecified atom stereocenters. The lowest BCUT2D eigenvalue weighted by Gasteiger charge is -2.37. The van der Waals surface area contributed by atoms with Crippen LogP contribution in [-0.2, 0) is 14.3 Å². The van der Waals surface area contributed by atoms with Gasteiger partial charge in [0.05, 0.1) is 24.3 Å². The number of hydrogen-bond acceptors (Lipinski definition) is 8. The first-order valence-electron chi connectivity index (χ1n) is 13.6. The van der Waals surface area contributed by atoms with Crippen molar-refractivity contribution in [3.63, 3.8) is 0 Å². The number of rotatable bonds is 9. The molecule has 0 aromatic heterocycles. The Balaban J connectivity index is 1.47. The number of para-hydroxylation sites is 1. The smallest absolute Gasteiger partial charge is 0.336 e. The van der Waals surface area contributed by atoms with Crippen molar-refractivity contribution in [2.45, 2.75) is 31.6 Å². The number of benzene rings is 3. The molecule has 1 aliphatic carbocycles. The predicted octanol–water partition coefficient (Wildman–Crippen LogP) is 6.16. The fraction of sp³-hybridized carbons (Fsp3) is 0.273. The number of phenols is 1. The van der Waals surface area contributed by atoms with Gasteiger partial charge in [-0.2, -0.15) is 0 Å². The lowest BCUT2D eigenvalue weighted by Crippen LogP contribution is -2.36. The molecule has 2 atom stereocenters.